The lowest BCUT2D eigenvalue weighted by molar-refractivity contribution is -0.141. The van der Waals surface area contributed by atoms with Crippen LogP contribution in [0.5, 0.6) is 5.75 Å². The van der Waals surface area contributed by atoms with Gasteiger partial charge in [-0.3, -0.25) is 9.69 Å². The number of furan rings is 1. The predicted molar refractivity (Wildman–Crippen MR) is 104 cm³/mol. The van der Waals surface area contributed by atoms with Gasteiger partial charge in [-0.25, -0.2) is 0 Å². The van der Waals surface area contributed by atoms with Crippen LogP contribution in [0, 0.1) is 5.92 Å². The van der Waals surface area contributed by atoms with Crippen molar-refractivity contribution in [3.05, 3.63) is 54.0 Å². The van der Waals surface area contributed by atoms with Gasteiger partial charge >= 0.3 is 0 Å². The molecule has 2 saturated heterocycles. The van der Waals surface area contributed by atoms with Gasteiger partial charge in [-0.05, 0) is 55.0 Å². The van der Waals surface area contributed by atoms with Crippen LogP contribution >= 0.6 is 0 Å². The molecule has 1 aromatic carbocycles. The molecule has 0 radical (unpaired) electrons. The number of rotatable bonds is 6. The van der Waals surface area contributed by atoms with Gasteiger partial charge in [0.2, 0.25) is 5.91 Å². The van der Waals surface area contributed by atoms with Crippen molar-refractivity contribution in [3.63, 3.8) is 0 Å². The molecule has 0 N–H and O–H groups in total. The van der Waals surface area contributed by atoms with Crippen molar-refractivity contribution in [1.29, 1.82) is 0 Å². The van der Waals surface area contributed by atoms with Crippen LogP contribution in [0.2, 0.25) is 0 Å². The number of nitrogens with zero attached hydrogens (tertiary/aromatic N) is 2. The zero-order valence-electron chi connectivity index (χ0n) is 16.0. The van der Waals surface area contributed by atoms with E-state index in [0.717, 1.165) is 57.0 Å². The summed E-state index contributed by atoms with van der Waals surface area (Å²) in [5, 5.41) is 0. The Morgan fingerprint density at radius 1 is 1.19 bits per heavy atom. The maximum atomic E-state index is 12.6. The second kappa shape index (κ2) is 8.17. The monoisotopic (exact) mass is 368 g/mol. The van der Waals surface area contributed by atoms with Crippen molar-refractivity contribution in [1.82, 2.24) is 9.80 Å². The van der Waals surface area contributed by atoms with Gasteiger partial charge in [-0.2, -0.15) is 0 Å². The molecule has 0 bridgehead atoms. The smallest absolute Gasteiger partial charge is 0.222 e. The third-order valence-electron chi connectivity index (χ3n) is 5.99. The molecular weight excluding hydrogens is 340 g/mol. The van der Waals surface area contributed by atoms with Gasteiger partial charge in [0.15, 0.2) is 0 Å². The average molecular weight is 368 g/mol. The zero-order valence-corrected chi connectivity index (χ0v) is 16.0. The summed E-state index contributed by atoms with van der Waals surface area (Å²) in [6.45, 7) is 3.76. The van der Waals surface area contributed by atoms with E-state index in [1.165, 1.54) is 5.56 Å². The summed E-state index contributed by atoms with van der Waals surface area (Å²) in [7, 11) is 1.68. The molecule has 27 heavy (non-hydrogen) atoms. The molecule has 3 heterocycles. The minimum absolute atomic E-state index is 0.323. The number of likely N-dealkylation sites (tertiary alicyclic amines) is 2. The second-order valence-corrected chi connectivity index (χ2v) is 7.65. The van der Waals surface area contributed by atoms with Gasteiger partial charge in [-0.15, -0.1) is 0 Å². The molecule has 0 spiro atoms. The van der Waals surface area contributed by atoms with Crippen LogP contribution in [-0.2, 0) is 17.8 Å². The Bertz CT molecular complexity index is 741. The topological polar surface area (TPSA) is 45.9 Å². The maximum Gasteiger partial charge on any atom is 0.222 e. The Labute approximate surface area is 160 Å². The molecule has 144 valence electrons. The van der Waals surface area contributed by atoms with Crippen molar-refractivity contribution in [2.24, 2.45) is 5.92 Å². The van der Waals surface area contributed by atoms with E-state index < -0.39 is 0 Å². The highest BCUT2D eigenvalue weighted by molar-refractivity contribution is 5.77. The van der Waals surface area contributed by atoms with Gasteiger partial charge in [0.05, 0.1) is 19.9 Å². The number of hydrogen-bond donors (Lipinski definition) is 0. The molecular formula is C22H28N2O3. The third-order valence-corrected chi connectivity index (χ3v) is 5.99. The Balaban J connectivity index is 1.36. The molecule has 0 unspecified atom stereocenters. The summed E-state index contributed by atoms with van der Waals surface area (Å²) in [5.41, 5.74) is 1.25. The van der Waals surface area contributed by atoms with E-state index >= 15 is 0 Å². The van der Waals surface area contributed by atoms with Crippen molar-refractivity contribution in [3.8, 4) is 5.75 Å². The van der Waals surface area contributed by atoms with E-state index in [9.17, 15) is 4.79 Å². The number of hydrogen-bond acceptors (Lipinski definition) is 4. The van der Waals surface area contributed by atoms with E-state index in [-0.39, 0.29) is 0 Å². The first-order valence-corrected chi connectivity index (χ1v) is 9.90. The summed E-state index contributed by atoms with van der Waals surface area (Å²) in [4.78, 5) is 17.2. The number of ether oxygens (including phenoxy) is 1. The number of amides is 1. The van der Waals surface area contributed by atoms with E-state index in [4.69, 9.17) is 9.15 Å². The van der Waals surface area contributed by atoms with Crippen molar-refractivity contribution in [2.75, 3.05) is 26.7 Å². The number of fused-ring (bicyclic) bond motifs is 1. The Kier molecular flexibility index (Phi) is 5.48. The largest absolute Gasteiger partial charge is 0.497 e. The van der Waals surface area contributed by atoms with Crippen LogP contribution in [0.1, 0.15) is 30.6 Å². The average Bonchev–Trinajstić information content (AvgIpc) is 3.21. The first-order chi connectivity index (χ1) is 13.2. The molecule has 2 aliphatic rings. The summed E-state index contributed by atoms with van der Waals surface area (Å²) < 4.78 is 10.7. The lowest BCUT2D eigenvalue weighted by atomic mass is 9.83. The third kappa shape index (κ3) is 4.19. The maximum absolute atomic E-state index is 12.6. The Morgan fingerprint density at radius 3 is 2.78 bits per heavy atom. The van der Waals surface area contributed by atoms with Crippen LogP contribution in [0.25, 0.3) is 0 Å². The SMILES string of the molecule is COc1ccc(CCN2C(=O)CC[C@@H]3CN(Cc4ccco4)CC[C@@H]32)cc1. The summed E-state index contributed by atoms with van der Waals surface area (Å²) in [6.07, 6.45) is 5.38. The van der Waals surface area contributed by atoms with E-state index in [1.54, 1.807) is 13.4 Å². The van der Waals surface area contributed by atoms with Gasteiger partial charge in [0, 0.05) is 32.1 Å². The molecule has 4 rings (SSSR count). The highest BCUT2D eigenvalue weighted by Crippen LogP contribution is 2.32. The molecule has 1 amide bonds. The lowest BCUT2D eigenvalue weighted by Gasteiger charge is -2.47. The molecule has 5 nitrogen and oxygen atoms in total. The highest BCUT2D eigenvalue weighted by Gasteiger charge is 2.39. The molecule has 5 heteroatoms. The van der Waals surface area contributed by atoms with E-state index in [0.29, 0.717) is 24.3 Å². The fraction of sp³-hybridized carbons (Fsp3) is 0.500. The molecule has 2 atom stereocenters. The van der Waals surface area contributed by atoms with Crippen molar-refractivity contribution in [2.45, 2.75) is 38.3 Å². The second-order valence-electron chi connectivity index (χ2n) is 7.65. The van der Waals surface area contributed by atoms with Gasteiger partial charge in [0.25, 0.3) is 0 Å². The summed E-state index contributed by atoms with van der Waals surface area (Å²) in [6, 6.07) is 12.5. The van der Waals surface area contributed by atoms with Gasteiger partial charge in [-0.1, -0.05) is 12.1 Å². The molecule has 1 aromatic heterocycles. The molecule has 0 aliphatic carbocycles. The van der Waals surface area contributed by atoms with Crippen LogP contribution in [0.4, 0.5) is 0 Å². The number of methoxy groups -OCH3 is 1. The van der Waals surface area contributed by atoms with Gasteiger partial charge in [0.1, 0.15) is 11.5 Å². The van der Waals surface area contributed by atoms with E-state index in [1.807, 2.05) is 24.3 Å². The number of carbonyl (C=O) groups excluding carboxylic acids is 1. The minimum atomic E-state index is 0.323. The quantitative estimate of drug-likeness (QED) is 0.784. The summed E-state index contributed by atoms with van der Waals surface area (Å²) in [5.74, 6) is 2.79. The van der Waals surface area contributed by atoms with Gasteiger partial charge < -0.3 is 14.1 Å². The molecule has 2 aromatic rings. The van der Waals surface area contributed by atoms with Crippen LogP contribution < -0.4 is 4.74 Å². The minimum Gasteiger partial charge on any atom is -0.497 e. The number of benzene rings is 1. The Hall–Kier alpha value is -2.27. The normalized spacial score (nSPS) is 23.3. The highest BCUT2D eigenvalue weighted by atomic mass is 16.5. The predicted octanol–water partition coefficient (Wildman–Crippen LogP) is 3.34. The Morgan fingerprint density at radius 2 is 2.04 bits per heavy atom. The van der Waals surface area contributed by atoms with Crippen LogP contribution in [0.3, 0.4) is 0 Å². The van der Waals surface area contributed by atoms with Crippen LogP contribution in [-0.4, -0.2) is 48.5 Å². The molecule has 2 aliphatic heterocycles. The van der Waals surface area contributed by atoms with E-state index in [2.05, 4.69) is 21.9 Å². The van der Waals surface area contributed by atoms with Crippen molar-refractivity contribution < 1.29 is 13.9 Å². The lowest BCUT2D eigenvalue weighted by Crippen LogP contribution is -2.56. The fourth-order valence-electron chi connectivity index (χ4n) is 4.53. The molecule has 2 fully saturated rings. The van der Waals surface area contributed by atoms with Crippen molar-refractivity contribution >= 4 is 5.91 Å². The van der Waals surface area contributed by atoms with Crippen LogP contribution in [0.15, 0.2) is 47.1 Å². The fourth-order valence-corrected chi connectivity index (χ4v) is 4.53. The standard InChI is InChI=1S/C22H28N2O3/c1-26-19-7-4-17(5-8-19)10-13-24-21-11-12-23(16-20-3-2-14-27-20)15-18(21)6-9-22(24)25/h2-5,7-8,14,18,21H,6,9-13,15-16H2,1H3/t18-,21+/m1/s1. The zero-order chi connectivity index (χ0) is 18.6. The molecule has 0 saturated carbocycles. The first kappa shape index (κ1) is 18.1. The summed E-state index contributed by atoms with van der Waals surface area (Å²) >= 11 is 0. The number of piperidine rings is 2. The first-order valence-electron chi connectivity index (χ1n) is 9.90. The number of carbonyl (C=O) groups is 1.